The molecule has 6 nitrogen and oxygen atoms in total. The predicted octanol–water partition coefficient (Wildman–Crippen LogP) is 4.01. The number of carbonyl (C=O) groups excluding carboxylic acids is 1. The number of carbonyl (C=O) groups is 1. The average molecular weight is 391 g/mol. The molecule has 0 aliphatic carbocycles. The maximum atomic E-state index is 12.3. The zero-order valence-electron chi connectivity index (χ0n) is 14.5. The molecule has 26 heavy (non-hydrogen) atoms. The summed E-state index contributed by atoms with van der Waals surface area (Å²) in [5.74, 6) is 1.40. The molecule has 3 rings (SSSR count). The van der Waals surface area contributed by atoms with Crippen molar-refractivity contribution in [2.24, 2.45) is 0 Å². The number of furan rings is 1. The van der Waals surface area contributed by atoms with Crippen LogP contribution in [0.1, 0.15) is 19.6 Å². The molecule has 0 saturated carbocycles. The van der Waals surface area contributed by atoms with Crippen LogP contribution in [0.5, 0.6) is 0 Å². The van der Waals surface area contributed by atoms with Crippen molar-refractivity contribution < 1.29 is 9.21 Å². The minimum atomic E-state index is -0.308. The second kappa shape index (κ2) is 8.42. The van der Waals surface area contributed by atoms with Crippen LogP contribution in [-0.4, -0.2) is 25.9 Å². The van der Waals surface area contributed by atoms with Crippen molar-refractivity contribution in [3.05, 3.63) is 53.4 Å². The van der Waals surface area contributed by atoms with Gasteiger partial charge in [0.1, 0.15) is 5.76 Å². The first kappa shape index (κ1) is 18.5. The summed E-state index contributed by atoms with van der Waals surface area (Å²) < 4.78 is 7.21. The highest BCUT2D eigenvalue weighted by Gasteiger charge is 2.20. The molecule has 1 atom stereocenters. The molecule has 0 aliphatic heterocycles. The SMILES string of the molecule is CCn1c(S[C@@H](C)C(=O)NCc2ccco2)nnc1-c1ccc(Cl)cc1. The standard InChI is InChI=1S/C18H19ClN4O2S/c1-3-23-16(13-6-8-14(19)9-7-13)21-22-18(23)26-12(2)17(24)20-11-15-5-4-10-25-15/h4-10,12H,3,11H2,1-2H3,(H,20,24)/t12-/m0/s1. The molecule has 2 aromatic heterocycles. The molecule has 0 bridgehead atoms. The van der Waals surface area contributed by atoms with E-state index in [2.05, 4.69) is 15.5 Å². The van der Waals surface area contributed by atoms with Gasteiger partial charge in [-0.15, -0.1) is 10.2 Å². The van der Waals surface area contributed by atoms with E-state index in [4.69, 9.17) is 16.0 Å². The summed E-state index contributed by atoms with van der Waals surface area (Å²) in [6.07, 6.45) is 1.59. The molecule has 136 valence electrons. The Balaban J connectivity index is 1.69. The van der Waals surface area contributed by atoms with Gasteiger partial charge >= 0.3 is 0 Å². The number of thioether (sulfide) groups is 1. The van der Waals surface area contributed by atoms with Crippen molar-refractivity contribution >= 4 is 29.3 Å². The fourth-order valence-electron chi connectivity index (χ4n) is 2.42. The predicted molar refractivity (Wildman–Crippen MR) is 102 cm³/mol. The fourth-order valence-corrected chi connectivity index (χ4v) is 3.48. The maximum Gasteiger partial charge on any atom is 0.233 e. The van der Waals surface area contributed by atoms with Gasteiger partial charge < -0.3 is 14.3 Å². The van der Waals surface area contributed by atoms with E-state index in [-0.39, 0.29) is 11.2 Å². The Morgan fingerprint density at radius 3 is 2.73 bits per heavy atom. The van der Waals surface area contributed by atoms with Gasteiger partial charge in [0.05, 0.1) is 18.1 Å². The molecule has 3 aromatic rings. The highest BCUT2D eigenvalue weighted by molar-refractivity contribution is 8.00. The number of aromatic nitrogens is 3. The zero-order chi connectivity index (χ0) is 18.5. The lowest BCUT2D eigenvalue weighted by atomic mass is 10.2. The van der Waals surface area contributed by atoms with Crippen molar-refractivity contribution in [2.45, 2.75) is 37.3 Å². The normalized spacial score (nSPS) is 12.1. The summed E-state index contributed by atoms with van der Waals surface area (Å²) in [4.78, 5) is 12.3. The third-order valence-electron chi connectivity index (χ3n) is 3.80. The molecule has 0 aliphatic rings. The molecule has 1 N–H and O–H groups in total. The van der Waals surface area contributed by atoms with Gasteiger partial charge in [0.2, 0.25) is 5.91 Å². The van der Waals surface area contributed by atoms with E-state index in [1.54, 1.807) is 12.3 Å². The van der Waals surface area contributed by atoms with E-state index in [0.717, 1.165) is 17.1 Å². The molecule has 1 aromatic carbocycles. The third kappa shape index (κ3) is 4.28. The first-order valence-electron chi connectivity index (χ1n) is 8.24. The minimum Gasteiger partial charge on any atom is -0.467 e. The second-order valence-corrected chi connectivity index (χ2v) is 7.36. The Morgan fingerprint density at radius 2 is 2.08 bits per heavy atom. The van der Waals surface area contributed by atoms with Crippen LogP contribution in [0.15, 0.2) is 52.2 Å². The first-order chi connectivity index (χ1) is 12.6. The molecular formula is C18H19ClN4O2S. The van der Waals surface area contributed by atoms with E-state index < -0.39 is 0 Å². The summed E-state index contributed by atoms with van der Waals surface area (Å²) in [5, 5.41) is 12.5. The highest BCUT2D eigenvalue weighted by Crippen LogP contribution is 2.27. The number of hydrogen-bond donors (Lipinski definition) is 1. The molecule has 1 amide bonds. The lowest BCUT2D eigenvalue weighted by molar-refractivity contribution is -0.120. The van der Waals surface area contributed by atoms with Crippen molar-refractivity contribution in [3.63, 3.8) is 0 Å². The van der Waals surface area contributed by atoms with Crippen LogP contribution in [0.2, 0.25) is 5.02 Å². The molecule has 0 unspecified atom stereocenters. The van der Waals surface area contributed by atoms with Gasteiger partial charge in [-0.3, -0.25) is 4.79 Å². The van der Waals surface area contributed by atoms with Gasteiger partial charge in [-0.1, -0.05) is 23.4 Å². The first-order valence-corrected chi connectivity index (χ1v) is 9.50. The summed E-state index contributed by atoms with van der Waals surface area (Å²) in [6.45, 7) is 4.94. The van der Waals surface area contributed by atoms with Crippen LogP contribution in [0.25, 0.3) is 11.4 Å². The van der Waals surface area contributed by atoms with E-state index >= 15 is 0 Å². The van der Waals surface area contributed by atoms with Crippen molar-refractivity contribution in [1.82, 2.24) is 20.1 Å². The van der Waals surface area contributed by atoms with Crippen LogP contribution < -0.4 is 5.32 Å². The smallest absolute Gasteiger partial charge is 0.233 e. The Labute approximate surface area is 160 Å². The number of benzene rings is 1. The number of nitrogens with zero attached hydrogens (tertiary/aromatic N) is 3. The van der Waals surface area contributed by atoms with Crippen LogP contribution in [-0.2, 0) is 17.9 Å². The van der Waals surface area contributed by atoms with E-state index in [0.29, 0.717) is 23.3 Å². The summed E-state index contributed by atoms with van der Waals surface area (Å²) in [5.41, 5.74) is 0.936. The zero-order valence-corrected chi connectivity index (χ0v) is 16.0. The molecule has 0 radical (unpaired) electrons. The number of rotatable bonds is 7. The van der Waals surface area contributed by atoms with Gasteiger partial charge in [-0.05, 0) is 50.2 Å². The molecule has 0 spiro atoms. The highest BCUT2D eigenvalue weighted by atomic mass is 35.5. The average Bonchev–Trinajstić information content (AvgIpc) is 3.29. The van der Waals surface area contributed by atoms with E-state index in [1.165, 1.54) is 11.8 Å². The fraction of sp³-hybridized carbons (Fsp3) is 0.278. The molecule has 2 heterocycles. The molecule has 8 heteroatoms. The van der Waals surface area contributed by atoms with Gasteiger partial charge in [-0.25, -0.2) is 0 Å². The summed E-state index contributed by atoms with van der Waals surface area (Å²) in [6, 6.07) is 11.1. The van der Waals surface area contributed by atoms with Crippen LogP contribution in [0.3, 0.4) is 0 Å². The number of hydrogen-bond acceptors (Lipinski definition) is 5. The minimum absolute atomic E-state index is 0.0786. The lowest BCUT2D eigenvalue weighted by Gasteiger charge is -2.12. The molecule has 0 saturated heterocycles. The number of amides is 1. The van der Waals surface area contributed by atoms with Gasteiger partial charge in [0.15, 0.2) is 11.0 Å². The Morgan fingerprint density at radius 1 is 1.31 bits per heavy atom. The van der Waals surface area contributed by atoms with Gasteiger partial charge in [0, 0.05) is 17.1 Å². The van der Waals surface area contributed by atoms with Crippen molar-refractivity contribution in [1.29, 1.82) is 0 Å². The number of halogens is 1. The molecule has 0 fully saturated rings. The number of nitrogens with one attached hydrogen (secondary N) is 1. The summed E-state index contributed by atoms with van der Waals surface area (Å²) >= 11 is 7.33. The Bertz CT molecular complexity index is 862. The largest absolute Gasteiger partial charge is 0.467 e. The second-order valence-electron chi connectivity index (χ2n) is 5.61. The lowest BCUT2D eigenvalue weighted by Crippen LogP contribution is -2.30. The van der Waals surface area contributed by atoms with Crippen molar-refractivity contribution in [3.8, 4) is 11.4 Å². The Kier molecular flexibility index (Phi) is 6.00. The van der Waals surface area contributed by atoms with Crippen molar-refractivity contribution in [2.75, 3.05) is 0 Å². The monoisotopic (exact) mass is 390 g/mol. The van der Waals surface area contributed by atoms with Gasteiger partial charge in [0.25, 0.3) is 0 Å². The van der Waals surface area contributed by atoms with E-state index in [9.17, 15) is 4.79 Å². The van der Waals surface area contributed by atoms with Crippen LogP contribution >= 0.6 is 23.4 Å². The van der Waals surface area contributed by atoms with E-state index in [1.807, 2.05) is 48.7 Å². The quantitative estimate of drug-likeness (QED) is 0.617. The van der Waals surface area contributed by atoms with Crippen LogP contribution in [0, 0.1) is 0 Å². The van der Waals surface area contributed by atoms with Gasteiger partial charge in [-0.2, -0.15) is 0 Å². The maximum absolute atomic E-state index is 12.3. The third-order valence-corrected chi connectivity index (χ3v) is 5.14. The summed E-state index contributed by atoms with van der Waals surface area (Å²) in [7, 11) is 0. The Hall–Kier alpha value is -2.25. The van der Waals surface area contributed by atoms with Crippen LogP contribution in [0.4, 0.5) is 0 Å². The molecular weight excluding hydrogens is 372 g/mol. The topological polar surface area (TPSA) is 73.0 Å².